The molecule has 2 heterocycles. The van der Waals surface area contributed by atoms with Gasteiger partial charge in [-0.15, -0.1) is 0 Å². The standard InChI is InChI=1S/C16H24N4O/c1-11-18-14-8-3-2-7-13(14)16(19-11)20-9-5-4-6-12(20)10-15(17)21/h12H,2-10H2,1H3,(H2,17,21). The first kappa shape index (κ1) is 14.3. The number of carbonyl (C=O) groups is 1. The predicted molar refractivity (Wildman–Crippen MR) is 82.2 cm³/mol. The van der Waals surface area contributed by atoms with E-state index in [1.807, 2.05) is 6.92 Å². The Balaban J connectivity index is 1.97. The number of rotatable bonds is 3. The van der Waals surface area contributed by atoms with Gasteiger partial charge < -0.3 is 10.6 Å². The number of amides is 1. The molecular weight excluding hydrogens is 264 g/mol. The lowest BCUT2D eigenvalue weighted by atomic mass is 9.93. The minimum absolute atomic E-state index is 0.205. The van der Waals surface area contributed by atoms with E-state index in [-0.39, 0.29) is 11.9 Å². The van der Waals surface area contributed by atoms with Crippen LogP contribution in [0.2, 0.25) is 0 Å². The van der Waals surface area contributed by atoms with Gasteiger partial charge in [0.2, 0.25) is 5.91 Å². The van der Waals surface area contributed by atoms with Crippen molar-refractivity contribution in [2.75, 3.05) is 11.4 Å². The maximum absolute atomic E-state index is 11.4. The minimum Gasteiger partial charge on any atom is -0.370 e. The summed E-state index contributed by atoms with van der Waals surface area (Å²) in [7, 11) is 0. The molecule has 1 amide bonds. The molecule has 1 aromatic rings. The van der Waals surface area contributed by atoms with Gasteiger partial charge in [-0.05, 0) is 51.9 Å². The molecule has 0 saturated carbocycles. The summed E-state index contributed by atoms with van der Waals surface area (Å²) in [6.07, 6.45) is 8.32. The Morgan fingerprint density at radius 2 is 2.05 bits per heavy atom. The maximum atomic E-state index is 11.4. The second kappa shape index (κ2) is 6.00. The van der Waals surface area contributed by atoms with Crippen molar-refractivity contribution in [1.82, 2.24) is 9.97 Å². The number of aromatic nitrogens is 2. The number of piperidine rings is 1. The number of nitrogens with zero attached hydrogens (tertiary/aromatic N) is 3. The van der Waals surface area contributed by atoms with E-state index >= 15 is 0 Å². The molecule has 0 radical (unpaired) electrons. The van der Waals surface area contributed by atoms with E-state index in [2.05, 4.69) is 9.88 Å². The van der Waals surface area contributed by atoms with Gasteiger partial charge in [-0.1, -0.05) is 0 Å². The quantitative estimate of drug-likeness (QED) is 0.922. The van der Waals surface area contributed by atoms with Gasteiger partial charge >= 0.3 is 0 Å². The van der Waals surface area contributed by atoms with E-state index in [9.17, 15) is 4.79 Å². The Hall–Kier alpha value is -1.65. The highest BCUT2D eigenvalue weighted by Crippen LogP contribution is 2.32. The fourth-order valence-corrected chi connectivity index (χ4v) is 3.66. The van der Waals surface area contributed by atoms with Gasteiger partial charge in [0.05, 0.1) is 0 Å². The molecule has 2 aliphatic rings. The van der Waals surface area contributed by atoms with Gasteiger partial charge in [0.1, 0.15) is 11.6 Å². The van der Waals surface area contributed by atoms with Crippen LogP contribution in [-0.4, -0.2) is 28.5 Å². The molecule has 0 spiro atoms. The fraction of sp³-hybridized carbons (Fsp3) is 0.688. The van der Waals surface area contributed by atoms with Crippen LogP contribution >= 0.6 is 0 Å². The zero-order chi connectivity index (χ0) is 14.8. The highest BCUT2D eigenvalue weighted by molar-refractivity contribution is 5.75. The second-order valence-corrected chi connectivity index (χ2v) is 6.24. The summed E-state index contributed by atoms with van der Waals surface area (Å²) in [5.41, 5.74) is 7.96. The molecule has 3 rings (SSSR count). The van der Waals surface area contributed by atoms with Crippen molar-refractivity contribution in [1.29, 1.82) is 0 Å². The first-order valence-electron chi connectivity index (χ1n) is 8.06. The number of primary amides is 1. The highest BCUT2D eigenvalue weighted by atomic mass is 16.1. The van der Waals surface area contributed by atoms with Crippen LogP contribution in [0.4, 0.5) is 5.82 Å². The summed E-state index contributed by atoms with van der Waals surface area (Å²) in [4.78, 5) is 23.0. The van der Waals surface area contributed by atoms with Crippen LogP contribution in [0, 0.1) is 6.92 Å². The molecule has 0 bridgehead atoms. The molecule has 1 atom stereocenters. The van der Waals surface area contributed by atoms with Crippen molar-refractivity contribution in [3.63, 3.8) is 0 Å². The fourth-order valence-electron chi connectivity index (χ4n) is 3.66. The number of fused-ring (bicyclic) bond motifs is 1. The average molecular weight is 288 g/mol. The van der Waals surface area contributed by atoms with Gasteiger partial charge in [0, 0.05) is 30.3 Å². The van der Waals surface area contributed by atoms with Crippen LogP contribution in [0.1, 0.15) is 55.6 Å². The van der Waals surface area contributed by atoms with Crippen molar-refractivity contribution < 1.29 is 4.79 Å². The average Bonchev–Trinajstić information content (AvgIpc) is 2.46. The van der Waals surface area contributed by atoms with Gasteiger partial charge in [-0.25, -0.2) is 9.97 Å². The Labute approximate surface area is 125 Å². The third-order valence-electron chi connectivity index (χ3n) is 4.61. The summed E-state index contributed by atoms with van der Waals surface area (Å²) in [6.45, 7) is 2.94. The van der Waals surface area contributed by atoms with Crippen LogP contribution in [0.15, 0.2) is 0 Å². The van der Waals surface area contributed by atoms with E-state index < -0.39 is 0 Å². The van der Waals surface area contributed by atoms with Crippen LogP contribution < -0.4 is 10.6 Å². The van der Waals surface area contributed by atoms with Crippen LogP contribution in [0.3, 0.4) is 0 Å². The smallest absolute Gasteiger partial charge is 0.219 e. The predicted octanol–water partition coefficient (Wildman–Crippen LogP) is 1.90. The topological polar surface area (TPSA) is 72.1 Å². The van der Waals surface area contributed by atoms with Crippen LogP contribution in [0.5, 0.6) is 0 Å². The number of aryl methyl sites for hydroxylation is 2. The van der Waals surface area contributed by atoms with Crippen molar-refractivity contribution in [3.8, 4) is 0 Å². The Bertz CT molecular complexity index is 543. The van der Waals surface area contributed by atoms with Crippen molar-refractivity contribution in [3.05, 3.63) is 17.1 Å². The summed E-state index contributed by atoms with van der Waals surface area (Å²) in [5.74, 6) is 1.70. The summed E-state index contributed by atoms with van der Waals surface area (Å²) in [6, 6.07) is 0.205. The van der Waals surface area contributed by atoms with Gasteiger partial charge in [0.25, 0.3) is 0 Å². The lowest BCUT2D eigenvalue weighted by Crippen LogP contribution is -2.43. The molecule has 1 fully saturated rings. The molecule has 0 aromatic carbocycles. The summed E-state index contributed by atoms with van der Waals surface area (Å²) < 4.78 is 0. The summed E-state index contributed by atoms with van der Waals surface area (Å²) >= 11 is 0. The van der Waals surface area contributed by atoms with Gasteiger partial charge in [-0.3, -0.25) is 4.79 Å². The molecule has 1 aromatic heterocycles. The Morgan fingerprint density at radius 1 is 1.24 bits per heavy atom. The van der Waals surface area contributed by atoms with Crippen molar-refractivity contribution >= 4 is 11.7 Å². The number of hydrogen-bond donors (Lipinski definition) is 1. The maximum Gasteiger partial charge on any atom is 0.219 e. The molecule has 5 heteroatoms. The zero-order valence-corrected chi connectivity index (χ0v) is 12.8. The Morgan fingerprint density at radius 3 is 2.86 bits per heavy atom. The molecule has 21 heavy (non-hydrogen) atoms. The SMILES string of the molecule is Cc1nc2c(c(N3CCCCC3CC(N)=O)n1)CCCC2. The van der Waals surface area contributed by atoms with E-state index in [4.69, 9.17) is 10.7 Å². The van der Waals surface area contributed by atoms with E-state index in [0.717, 1.165) is 43.9 Å². The molecule has 2 N–H and O–H groups in total. The van der Waals surface area contributed by atoms with Crippen LogP contribution in [-0.2, 0) is 17.6 Å². The third-order valence-corrected chi connectivity index (χ3v) is 4.61. The molecule has 5 nitrogen and oxygen atoms in total. The van der Waals surface area contributed by atoms with E-state index in [0.29, 0.717) is 6.42 Å². The molecule has 114 valence electrons. The number of nitrogens with two attached hydrogens (primary N) is 1. The molecule has 1 saturated heterocycles. The third kappa shape index (κ3) is 3.01. The van der Waals surface area contributed by atoms with Gasteiger partial charge in [-0.2, -0.15) is 0 Å². The molecule has 1 aliphatic carbocycles. The van der Waals surface area contributed by atoms with Crippen molar-refractivity contribution in [2.45, 2.75) is 64.3 Å². The molecule has 1 aliphatic heterocycles. The number of anilines is 1. The first-order valence-corrected chi connectivity index (χ1v) is 8.06. The van der Waals surface area contributed by atoms with E-state index in [1.54, 1.807) is 0 Å². The minimum atomic E-state index is -0.216. The van der Waals surface area contributed by atoms with E-state index in [1.165, 1.54) is 30.5 Å². The molecular formula is C16H24N4O. The second-order valence-electron chi connectivity index (χ2n) is 6.24. The number of carbonyl (C=O) groups excluding carboxylic acids is 1. The van der Waals surface area contributed by atoms with Crippen LogP contribution in [0.25, 0.3) is 0 Å². The lowest BCUT2D eigenvalue weighted by molar-refractivity contribution is -0.118. The van der Waals surface area contributed by atoms with Gasteiger partial charge in [0.15, 0.2) is 0 Å². The highest BCUT2D eigenvalue weighted by Gasteiger charge is 2.29. The van der Waals surface area contributed by atoms with Crippen molar-refractivity contribution in [2.24, 2.45) is 5.73 Å². The first-order chi connectivity index (χ1) is 10.1. The number of hydrogen-bond acceptors (Lipinski definition) is 4. The normalized spacial score (nSPS) is 22.0. The molecule has 1 unspecified atom stereocenters. The lowest BCUT2D eigenvalue weighted by Gasteiger charge is -2.38. The largest absolute Gasteiger partial charge is 0.370 e. The zero-order valence-electron chi connectivity index (χ0n) is 12.8. The Kier molecular flexibility index (Phi) is 4.08. The monoisotopic (exact) mass is 288 g/mol. The summed E-state index contributed by atoms with van der Waals surface area (Å²) in [5, 5.41) is 0.